The third-order valence-corrected chi connectivity index (χ3v) is 4.35. The first kappa shape index (κ1) is 16.7. The molecule has 3 aromatic rings. The Morgan fingerprint density at radius 1 is 1.20 bits per heavy atom. The predicted molar refractivity (Wildman–Crippen MR) is 102 cm³/mol. The van der Waals surface area contributed by atoms with Crippen molar-refractivity contribution in [1.82, 2.24) is 4.98 Å². The van der Waals surface area contributed by atoms with E-state index in [1.54, 1.807) is 6.20 Å². The second-order valence-electron chi connectivity index (χ2n) is 5.18. The van der Waals surface area contributed by atoms with Crippen LogP contribution in [-0.4, -0.2) is 11.6 Å². The maximum Gasteiger partial charge on any atom is 0.136 e. The summed E-state index contributed by atoms with van der Waals surface area (Å²) in [5, 5.41) is 15.2. The molecule has 1 aromatic heterocycles. The number of para-hydroxylation sites is 1. The minimum absolute atomic E-state index is 0.506. The van der Waals surface area contributed by atoms with E-state index < -0.39 is 0 Å². The molecule has 0 aliphatic carbocycles. The van der Waals surface area contributed by atoms with Gasteiger partial charge in [0.05, 0.1) is 12.3 Å². The van der Waals surface area contributed by atoms with Gasteiger partial charge in [-0.1, -0.05) is 18.2 Å². The van der Waals surface area contributed by atoms with Crippen LogP contribution in [0.15, 0.2) is 66.2 Å². The van der Waals surface area contributed by atoms with Crippen LogP contribution in [0.4, 0.5) is 5.69 Å². The number of benzene rings is 2. The minimum atomic E-state index is 0.506. The summed E-state index contributed by atoms with van der Waals surface area (Å²) >= 11 is 1.45. The lowest BCUT2D eigenvalue weighted by Gasteiger charge is -2.03. The van der Waals surface area contributed by atoms with Crippen molar-refractivity contribution in [3.63, 3.8) is 0 Å². The number of nitrogens with one attached hydrogen (secondary N) is 1. The molecule has 0 saturated heterocycles. The number of nitrogens with zero attached hydrogens (tertiary/aromatic N) is 2. The molecule has 0 unspecified atom stereocenters. The lowest BCUT2D eigenvalue weighted by molar-refractivity contribution is 0.340. The molecule has 2 aromatic carbocycles. The number of hydrogen-bond donors (Lipinski definition) is 1. The zero-order valence-corrected chi connectivity index (χ0v) is 14.6. The number of nitriles is 1. The maximum absolute atomic E-state index is 9.42. The Morgan fingerprint density at radius 2 is 1.96 bits per heavy atom. The quantitative estimate of drug-likeness (QED) is 0.624. The summed E-state index contributed by atoms with van der Waals surface area (Å²) in [5.41, 5.74) is 3.28. The second-order valence-corrected chi connectivity index (χ2v) is 6.03. The molecule has 5 heteroatoms. The number of ether oxygens (including phenoxy) is 1. The Morgan fingerprint density at radius 3 is 2.64 bits per heavy atom. The summed E-state index contributed by atoms with van der Waals surface area (Å²) in [4.78, 5) is 4.59. The van der Waals surface area contributed by atoms with Crippen LogP contribution in [0.25, 0.3) is 16.8 Å². The standard InChI is InChI=1S/C20H17N3OS/c1-2-24-18-10-8-15(9-11-18)19-14-25-20(23-19)16(12-21)13-22-17-6-4-3-5-7-17/h3-11,13-14,22H,2H2,1H3/b16-13+. The van der Waals surface area contributed by atoms with Crippen LogP contribution in [0.2, 0.25) is 0 Å². The average molecular weight is 347 g/mol. The van der Waals surface area contributed by atoms with Crippen LogP contribution >= 0.6 is 11.3 Å². The van der Waals surface area contributed by atoms with Crippen LogP contribution < -0.4 is 10.1 Å². The fourth-order valence-corrected chi connectivity index (χ4v) is 3.04. The second kappa shape index (κ2) is 8.13. The van der Waals surface area contributed by atoms with E-state index in [0.717, 1.165) is 22.7 Å². The van der Waals surface area contributed by atoms with Crippen molar-refractivity contribution in [1.29, 1.82) is 5.26 Å². The molecule has 25 heavy (non-hydrogen) atoms. The van der Waals surface area contributed by atoms with Gasteiger partial charge in [-0.15, -0.1) is 11.3 Å². The van der Waals surface area contributed by atoms with Crippen molar-refractivity contribution in [2.45, 2.75) is 6.92 Å². The zero-order chi connectivity index (χ0) is 17.5. The van der Waals surface area contributed by atoms with Gasteiger partial charge in [0.25, 0.3) is 0 Å². The Kier molecular flexibility index (Phi) is 5.45. The molecule has 1 N–H and O–H groups in total. The van der Waals surface area contributed by atoms with E-state index >= 15 is 0 Å². The number of rotatable bonds is 6. The van der Waals surface area contributed by atoms with Gasteiger partial charge in [0.1, 0.15) is 22.4 Å². The summed E-state index contributed by atoms with van der Waals surface area (Å²) in [5.74, 6) is 0.839. The van der Waals surface area contributed by atoms with Crippen molar-refractivity contribution in [2.75, 3.05) is 11.9 Å². The van der Waals surface area contributed by atoms with E-state index in [0.29, 0.717) is 17.2 Å². The number of thiazole rings is 1. The van der Waals surface area contributed by atoms with Crippen molar-refractivity contribution in [3.8, 4) is 23.1 Å². The molecule has 0 fully saturated rings. The summed E-state index contributed by atoms with van der Waals surface area (Å²) in [6.07, 6.45) is 1.69. The SMILES string of the molecule is CCOc1ccc(-c2csc(/C(C#N)=C/Nc3ccccc3)n2)cc1. The molecule has 0 spiro atoms. The molecule has 0 aliphatic rings. The first-order valence-corrected chi connectivity index (χ1v) is 8.79. The number of aromatic nitrogens is 1. The van der Waals surface area contributed by atoms with Crippen LogP contribution in [-0.2, 0) is 0 Å². The molecule has 0 saturated carbocycles. The molecule has 0 aliphatic heterocycles. The molecular formula is C20H17N3OS. The van der Waals surface area contributed by atoms with Gasteiger partial charge in [0, 0.05) is 22.8 Å². The van der Waals surface area contributed by atoms with E-state index in [-0.39, 0.29) is 0 Å². The molecular weight excluding hydrogens is 330 g/mol. The van der Waals surface area contributed by atoms with E-state index in [9.17, 15) is 5.26 Å². The van der Waals surface area contributed by atoms with Crippen LogP contribution in [0.5, 0.6) is 5.75 Å². The van der Waals surface area contributed by atoms with Crippen molar-refractivity contribution in [2.24, 2.45) is 0 Å². The summed E-state index contributed by atoms with van der Waals surface area (Å²) in [6, 6.07) is 19.7. The molecule has 124 valence electrons. The van der Waals surface area contributed by atoms with Crippen LogP contribution in [0.1, 0.15) is 11.9 Å². The van der Waals surface area contributed by atoms with Gasteiger partial charge in [0.2, 0.25) is 0 Å². The highest BCUT2D eigenvalue weighted by Crippen LogP contribution is 2.27. The van der Waals surface area contributed by atoms with E-state index in [1.165, 1.54) is 11.3 Å². The smallest absolute Gasteiger partial charge is 0.136 e. The zero-order valence-electron chi connectivity index (χ0n) is 13.8. The third-order valence-electron chi connectivity index (χ3n) is 3.47. The van der Waals surface area contributed by atoms with Gasteiger partial charge in [-0.3, -0.25) is 0 Å². The predicted octanol–water partition coefficient (Wildman–Crippen LogP) is 5.19. The summed E-state index contributed by atoms with van der Waals surface area (Å²) in [7, 11) is 0. The highest BCUT2D eigenvalue weighted by molar-refractivity contribution is 7.11. The molecule has 1 heterocycles. The van der Waals surface area contributed by atoms with Gasteiger partial charge in [-0.2, -0.15) is 5.26 Å². The van der Waals surface area contributed by atoms with Crippen molar-refractivity contribution >= 4 is 22.6 Å². The van der Waals surface area contributed by atoms with Crippen molar-refractivity contribution < 1.29 is 4.74 Å². The molecule has 0 bridgehead atoms. The number of allylic oxidation sites excluding steroid dienone is 1. The topological polar surface area (TPSA) is 57.9 Å². The highest BCUT2D eigenvalue weighted by Gasteiger charge is 2.09. The third kappa shape index (κ3) is 4.25. The first-order valence-electron chi connectivity index (χ1n) is 7.91. The van der Waals surface area contributed by atoms with E-state index in [1.807, 2.05) is 66.9 Å². The maximum atomic E-state index is 9.42. The number of anilines is 1. The van der Waals surface area contributed by atoms with Gasteiger partial charge < -0.3 is 10.1 Å². The first-order chi connectivity index (χ1) is 12.3. The number of hydrogen-bond acceptors (Lipinski definition) is 5. The molecule has 4 nitrogen and oxygen atoms in total. The van der Waals surface area contributed by atoms with Gasteiger partial charge in [-0.25, -0.2) is 4.98 Å². The Hall–Kier alpha value is -3.10. The molecule has 3 rings (SSSR count). The Labute approximate surface area is 151 Å². The fourth-order valence-electron chi connectivity index (χ4n) is 2.25. The molecule has 0 radical (unpaired) electrons. The van der Waals surface area contributed by atoms with Crippen LogP contribution in [0.3, 0.4) is 0 Å². The largest absolute Gasteiger partial charge is 0.494 e. The van der Waals surface area contributed by atoms with Gasteiger partial charge in [-0.05, 0) is 43.3 Å². The van der Waals surface area contributed by atoms with Crippen molar-refractivity contribution in [3.05, 3.63) is 71.2 Å². The molecule has 0 atom stereocenters. The van der Waals surface area contributed by atoms with Gasteiger partial charge in [0.15, 0.2) is 0 Å². The fraction of sp³-hybridized carbons (Fsp3) is 0.100. The summed E-state index contributed by atoms with van der Waals surface area (Å²) < 4.78 is 5.45. The van der Waals surface area contributed by atoms with E-state index in [4.69, 9.17) is 4.74 Å². The minimum Gasteiger partial charge on any atom is -0.494 e. The lowest BCUT2D eigenvalue weighted by Crippen LogP contribution is -1.91. The highest BCUT2D eigenvalue weighted by atomic mass is 32.1. The van der Waals surface area contributed by atoms with Gasteiger partial charge >= 0.3 is 0 Å². The Balaban J connectivity index is 1.78. The van der Waals surface area contributed by atoms with E-state index in [2.05, 4.69) is 16.4 Å². The monoisotopic (exact) mass is 347 g/mol. The summed E-state index contributed by atoms with van der Waals surface area (Å²) in [6.45, 7) is 2.60. The lowest BCUT2D eigenvalue weighted by atomic mass is 10.2. The Bertz CT molecular complexity index is 893. The van der Waals surface area contributed by atoms with Crippen LogP contribution in [0, 0.1) is 11.3 Å². The average Bonchev–Trinajstić information content (AvgIpc) is 3.14. The molecule has 0 amide bonds. The normalized spacial score (nSPS) is 11.0.